The number of carbonyl (C=O) groups is 1. The van der Waals surface area contributed by atoms with Crippen LogP contribution >= 0.6 is 0 Å². The molecule has 3 aliphatic rings. The third-order valence-electron chi connectivity index (χ3n) is 6.01. The summed E-state index contributed by atoms with van der Waals surface area (Å²) in [6.45, 7) is 2.14. The number of phenols is 1. The van der Waals surface area contributed by atoms with Crippen molar-refractivity contribution in [2.75, 3.05) is 30.5 Å². The standard InChI is InChI=1S/C21H22FN3O4S/c22-20-17-9-14(16-6-8-24(11-16)7-5-13-1-2-13)3-4-15(17)10-18(26)21(20)25-12-19(27)23-30(25,28)29/h3-4,6,9-10,13,26H,1-2,5,7-8,11-12H2,(H,23,27). The number of aromatic hydroxyl groups is 1. The van der Waals surface area contributed by atoms with Gasteiger partial charge in [0.05, 0.1) is 0 Å². The molecule has 9 heteroatoms. The highest BCUT2D eigenvalue weighted by Gasteiger charge is 2.38. The van der Waals surface area contributed by atoms with E-state index >= 15 is 4.39 Å². The molecule has 1 saturated heterocycles. The van der Waals surface area contributed by atoms with E-state index in [0.717, 1.165) is 36.7 Å². The minimum Gasteiger partial charge on any atom is -0.506 e. The molecule has 5 rings (SSSR count). The Bertz CT molecular complexity index is 1190. The molecule has 1 saturated carbocycles. The van der Waals surface area contributed by atoms with Crippen LogP contribution in [0.1, 0.15) is 24.8 Å². The lowest BCUT2D eigenvalue weighted by molar-refractivity contribution is -0.117. The molecule has 0 radical (unpaired) electrons. The zero-order valence-corrected chi connectivity index (χ0v) is 17.1. The summed E-state index contributed by atoms with van der Waals surface area (Å²) < 4.78 is 42.0. The summed E-state index contributed by atoms with van der Waals surface area (Å²) in [6.07, 6.45) is 6.02. The van der Waals surface area contributed by atoms with Crippen molar-refractivity contribution in [1.82, 2.24) is 9.62 Å². The van der Waals surface area contributed by atoms with Crippen molar-refractivity contribution >= 4 is 38.1 Å². The first-order valence-corrected chi connectivity index (χ1v) is 11.5. The number of amides is 1. The predicted molar refractivity (Wildman–Crippen MR) is 112 cm³/mol. The molecule has 2 heterocycles. The highest BCUT2D eigenvalue weighted by atomic mass is 32.2. The number of phenolic OH excluding ortho intramolecular Hbond substituents is 1. The minimum atomic E-state index is -4.23. The first-order valence-electron chi connectivity index (χ1n) is 10.0. The van der Waals surface area contributed by atoms with Gasteiger partial charge in [0.15, 0.2) is 5.82 Å². The fraction of sp³-hybridized carbons (Fsp3) is 0.381. The van der Waals surface area contributed by atoms with E-state index in [4.69, 9.17) is 0 Å². The van der Waals surface area contributed by atoms with Gasteiger partial charge in [0, 0.05) is 18.5 Å². The van der Waals surface area contributed by atoms with E-state index in [1.807, 2.05) is 6.07 Å². The fourth-order valence-corrected chi connectivity index (χ4v) is 5.33. The zero-order chi connectivity index (χ0) is 21.0. The lowest BCUT2D eigenvalue weighted by atomic mass is 10.0. The molecule has 1 amide bonds. The number of hydrogen-bond donors (Lipinski definition) is 2. The second-order valence-electron chi connectivity index (χ2n) is 8.23. The second kappa shape index (κ2) is 6.95. The molecule has 0 aromatic heterocycles. The molecule has 2 aliphatic heterocycles. The van der Waals surface area contributed by atoms with Crippen molar-refractivity contribution in [3.8, 4) is 5.75 Å². The van der Waals surface area contributed by atoms with E-state index in [1.54, 1.807) is 16.9 Å². The molecule has 2 aromatic carbocycles. The summed E-state index contributed by atoms with van der Waals surface area (Å²) in [6, 6.07) is 6.60. The van der Waals surface area contributed by atoms with Gasteiger partial charge in [0.1, 0.15) is 18.0 Å². The molecule has 2 N–H and O–H groups in total. The Hall–Kier alpha value is -2.65. The van der Waals surface area contributed by atoms with Crippen LogP contribution in [0.15, 0.2) is 30.3 Å². The van der Waals surface area contributed by atoms with Gasteiger partial charge in [-0.2, -0.15) is 8.42 Å². The highest BCUT2D eigenvalue weighted by Crippen LogP contribution is 2.39. The fourth-order valence-electron chi connectivity index (χ4n) is 4.17. The van der Waals surface area contributed by atoms with Gasteiger partial charge in [0.2, 0.25) is 0 Å². The smallest absolute Gasteiger partial charge is 0.326 e. The van der Waals surface area contributed by atoms with E-state index in [1.165, 1.54) is 25.3 Å². The van der Waals surface area contributed by atoms with E-state index < -0.39 is 39.9 Å². The largest absolute Gasteiger partial charge is 0.506 e. The van der Waals surface area contributed by atoms with Gasteiger partial charge in [0.25, 0.3) is 5.91 Å². The average Bonchev–Trinajstić information content (AvgIpc) is 3.33. The van der Waals surface area contributed by atoms with Gasteiger partial charge in [-0.3, -0.25) is 9.69 Å². The predicted octanol–water partition coefficient (Wildman–Crippen LogP) is 2.36. The molecule has 0 bridgehead atoms. The van der Waals surface area contributed by atoms with Crippen molar-refractivity contribution in [2.24, 2.45) is 5.92 Å². The Labute approximate surface area is 174 Å². The zero-order valence-electron chi connectivity index (χ0n) is 16.3. The Morgan fingerprint density at radius 1 is 1.20 bits per heavy atom. The Morgan fingerprint density at radius 2 is 2.00 bits per heavy atom. The molecule has 1 aliphatic carbocycles. The van der Waals surface area contributed by atoms with Crippen molar-refractivity contribution in [2.45, 2.75) is 19.3 Å². The van der Waals surface area contributed by atoms with Gasteiger partial charge in [-0.05, 0) is 47.5 Å². The number of fused-ring (bicyclic) bond motifs is 1. The van der Waals surface area contributed by atoms with Crippen LogP contribution in [0.2, 0.25) is 0 Å². The Morgan fingerprint density at radius 3 is 2.70 bits per heavy atom. The molecule has 0 unspecified atom stereocenters. The average molecular weight is 431 g/mol. The highest BCUT2D eigenvalue weighted by molar-refractivity contribution is 7.92. The van der Waals surface area contributed by atoms with Crippen LogP contribution in [-0.4, -0.2) is 50.5 Å². The van der Waals surface area contributed by atoms with Crippen molar-refractivity contribution < 1.29 is 22.7 Å². The lowest BCUT2D eigenvalue weighted by Gasteiger charge is -2.19. The summed E-state index contributed by atoms with van der Waals surface area (Å²) >= 11 is 0. The first-order chi connectivity index (χ1) is 14.3. The van der Waals surface area contributed by atoms with Crippen LogP contribution in [-0.2, 0) is 15.0 Å². The van der Waals surface area contributed by atoms with Crippen LogP contribution in [0, 0.1) is 11.7 Å². The van der Waals surface area contributed by atoms with Gasteiger partial charge in [-0.25, -0.2) is 13.4 Å². The van der Waals surface area contributed by atoms with E-state index in [2.05, 4.69) is 11.0 Å². The second-order valence-corrected chi connectivity index (χ2v) is 9.82. The quantitative estimate of drug-likeness (QED) is 0.759. The monoisotopic (exact) mass is 431 g/mol. The van der Waals surface area contributed by atoms with Crippen LogP contribution in [0.5, 0.6) is 5.75 Å². The van der Waals surface area contributed by atoms with Gasteiger partial charge in [-0.15, -0.1) is 0 Å². The molecule has 0 spiro atoms. The van der Waals surface area contributed by atoms with Crippen molar-refractivity contribution in [3.05, 3.63) is 41.7 Å². The summed E-state index contributed by atoms with van der Waals surface area (Å²) in [5, 5.41) is 10.9. The summed E-state index contributed by atoms with van der Waals surface area (Å²) in [5.74, 6) is -1.29. The molecule has 7 nitrogen and oxygen atoms in total. The first kappa shape index (κ1) is 19.3. The summed E-state index contributed by atoms with van der Waals surface area (Å²) in [7, 11) is -4.23. The number of rotatable bonds is 5. The molecule has 2 fully saturated rings. The number of nitrogens with one attached hydrogen (secondary N) is 1. The van der Waals surface area contributed by atoms with Gasteiger partial charge >= 0.3 is 10.2 Å². The SMILES string of the molecule is O=C1CN(c2c(O)cc3ccc(C4=CCN(CCC5CC5)C4)cc3c2F)S(=O)(=O)N1. The summed E-state index contributed by atoms with van der Waals surface area (Å²) in [4.78, 5) is 13.9. The van der Waals surface area contributed by atoms with Crippen LogP contribution in [0.4, 0.5) is 10.1 Å². The number of halogens is 1. The van der Waals surface area contributed by atoms with Gasteiger partial charge in [-0.1, -0.05) is 31.1 Å². The van der Waals surface area contributed by atoms with E-state index in [9.17, 15) is 18.3 Å². The third kappa shape index (κ3) is 3.41. The van der Waals surface area contributed by atoms with Crippen molar-refractivity contribution in [1.29, 1.82) is 0 Å². The van der Waals surface area contributed by atoms with Gasteiger partial charge < -0.3 is 5.11 Å². The minimum absolute atomic E-state index is 0.201. The Kier molecular flexibility index (Phi) is 4.48. The Balaban J connectivity index is 1.48. The lowest BCUT2D eigenvalue weighted by Crippen LogP contribution is -2.30. The molecular formula is C21H22FN3O4S. The maximum Gasteiger partial charge on any atom is 0.326 e. The maximum atomic E-state index is 15.4. The van der Waals surface area contributed by atoms with E-state index in [0.29, 0.717) is 9.69 Å². The molecular weight excluding hydrogens is 409 g/mol. The van der Waals surface area contributed by atoms with Crippen LogP contribution in [0.25, 0.3) is 16.3 Å². The topological polar surface area (TPSA) is 90.0 Å². The summed E-state index contributed by atoms with van der Waals surface area (Å²) in [5.41, 5.74) is 1.46. The number of hydrogen-bond acceptors (Lipinski definition) is 5. The van der Waals surface area contributed by atoms with Crippen molar-refractivity contribution in [3.63, 3.8) is 0 Å². The third-order valence-corrected chi connectivity index (χ3v) is 7.39. The number of benzene rings is 2. The molecule has 2 aromatic rings. The normalized spacial score (nSPS) is 21.3. The molecule has 30 heavy (non-hydrogen) atoms. The number of carbonyl (C=O) groups excluding carboxylic acids is 1. The van der Waals surface area contributed by atoms with E-state index in [-0.39, 0.29) is 5.39 Å². The maximum absolute atomic E-state index is 15.4. The number of nitrogens with zero attached hydrogens (tertiary/aromatic N) is 2. The van der Waals surface area contributed by atoms with Crippen LogP contribution in [0.3, 0.4) is 0 Å². The van der Waals surface area contributed by atoms with Crippen LogP contribution < -0.4 is 9.03 Å². The number of anilines is 1. The molecule has 158 valence electrons. The molecule has 0 atom stereocenters.